The SMILES string of the molecule is CC(CCCCNC(=O)C(C)(C)C)C(C)(C)NC(=O)C(C)(C)C. The Balaban J connectivity index is 4.17. The van der Waals surface area contributed by atoms with E-state index in [1.165, 1.54) is 0 Å². The molecule has 23 heavy (non-hydrogen) atoms. The van der Waals surface area contributed by atoms with E-state index in [4.69, 9.17) is 0 Å². The maximum Gasteiger partial charge on any atom is 0.225 e. The van der Waals surface area contributed by atoms with Crippen molar-refractivity contribution in [2.75, 3.05) is 6.54 Å². The van der Waals surface area contributed by atoms with Crippen LogP contribution in [0.1, 0.15) is 81.6 Å². The van der Waals surface area contributed by atoms with Crippen molar-refractivity contribution in [2.24, 2.45) is 16.7 Å². The molecular formula is C19H38N2O2. The molecule has 1 unspecified atom stereocenters. The van der Waals surface area contributed by atoms with Crippen LogP contribution >= 0.6 is 0 Å². The van der Waals surface area contributed by atoms with Gasteiger partial charge in [-0.15, -0.1) is 0 Å². The molecule has 0 saturated carbocycles. The Kier molecular flexibility index (Phi) is 7.79. The van der Waals surface area contributed by atoms with Crippen LogP contribution in [-0.2, 0) is 9.59 Å². The van der Waals surface area contributed by atoms with E-state index in [9.17, 15) is 9.59 Å². The maximum absolute atomic E-state index is 12.2. The highest BCUT2D eigenvalue weighted by Crippen LogP contribution is 2.24. The molecule has 0 bridgehead atoms. The van der Waals surface area contributed by atoms with Crippen molar-refractivity contribution in [1.82, 2.24) is 10.6 Å². The Morgan fingerprint density at radius 1 is 0.826 bits per heavy atom. The van der Waals surface area contributed by atoms with Gasteiger partial charge < -0.3 is 10.6 Å². The van der Waals surface area contributed by atoms with Crippen LogP contribution in [0.5, 0.6) is 0 Å². The molecule has 0 rings (SSSR count). The lowest BCUT2D eigenvalue weighted by Crippen LogP contribution is -2.51. The second-order valence-electron chi connectivity index (χ2n) is 9.33. The minimum absolute atomic E-state index is 0.0896. The Hall–Kier alpha value is -1.06. The van der Waals surface area contributed by atoms with Gasteiger partial charge in [0, 0.05) is 22.9 Å². The van der Waals surface area contributed by atoms with Gasteiger partial charge in [0.15, 0.2) is 0 Å². The van der Waals surface area contributed by atoms with Crippen molar-refractivity contribution in [3.8, 4) is 0 Å². The predicted molar refractivity (Wildman–Crippen MR) is 97.2 cm³/mol. The molecule has 0 heterocycles. The molecule has 0 aliphatic carbocycles. The minimum Gasteiger partial charge on any atom is -0.356 e. The normalized spacial score (nSPS) is 14.3. The monoisotopic (exact) mass is 326 g/mol. The number of carbonyl (C=O) groups excluding carboxylic acids is 2. The molecule has 0 aliphatic heterocycles. The summed E-state index contributed by atoms with van der Waals surface area (Å²) in [5, 5.41) is 6.14. The molecule has 0 saturated heterocycles. The Labute approximate surface area is 143 Å². The van der Waals surface area contributed by atoms with Gasteiger partial charge in [-0.1, -0.05) is 54.9 Å². The van der Waals surface area contributed by atoms with E-state index in [0.29, 0.717) is 5.92 Å². The lowest BCUT2D eigenvalue weighted by molar-refractivity contribution is -0.131. The van der Waals surface area contributed by atoms with Crippen LogP contribution in [0.2, 0.25) is 0 Å². The van der Waals surface area contributed by atoms with E-state index < -0.39 is 0 Å². The second-order valence-corrected chi connectivity index (χ2v) is 9.33. The van der Waals surface area contributed by atoms with E-state index in [-0.39, 0.29) is 28.2 Å². The first-order valence-electron chi connectivity index (χ1n) is 8.79. The molecule has 0 radical (unpaired) electrons. The first-order chi connectivity index (χ1) is 10.2. The van der Waals surface area contributed by atoms with Gasteiger partial charge in [0.1, 0.15) is 0 Å². The average molecular weight is 327 g/mol. The molecule has 4 heteroatoms. The number of rotatable bonds is 7. The van der Waals surface area contributed by atoms with Crippen LogP contribution in [-0.4, -0.2) is 23.9 Å². The van der Waals surface area contributed by atoms with Gasteiger partial charge in [-0.2, -0.15) is 0 Å². The summed E-state index contributed by atoms with van der Waals surface area (Å²) in [7, 11) is 0. The van der Waals surface area contributed by atoms with Crippen molar-refractivity contribution in [2.45, 2.75) is 87.1 Å². The number of carbonyl (C=O) groups is 2. The molecular weight excluding hydrogens is 288 g/mol. The third-order valence-electron chi connectivity index (χ3n) is 4.38. The molecule has 2 N–H and O–H groups in total. The fourth-order valence-corrected chi connectivity index (χ4v) is 2.01. The van der Waals surface area contributed by atoms with E-state index in [2.05, 4.69) is 31.4 Å². The Morgan fingerprint density at radius 2 is 1.30 bits per heavy atom. The lowest BCUT2D eigenvalue weighted by Gasteiger charge is -2.35. The highest BCUT2D eigenvalue weighted by Gasteiger charge is 2.31. The molecule has 0 aromatic heterocycles. The lowest BCUT2D eigenvalue weighted by atomic mass is 9.83. The first kappa shape index (κ1) is 21.9. The van der Waals surface area contributed by atoms with Gasteiger partial charge in [0.2, 0.25) is 11.8 Å². The highest BCUT2D eigenvalue weighted by atomic mass is 16.2. The topological polar surface area (TPSA) is 58.2 Å². The molecule has 0 fully saturated rings. The molecule has 0 aromatic carbocycles. The Morgan fingerprint density at radius 3 is 1.74 bits per heavy atom. The number of unbranched alkanes of at least 4 members (excludes halogenated alkanes) is 1. The number of hydrogen-bond acceptors (Lipinski definition) is 2. The molecule has 4 nitrogen and oxygen atoms in total. The fourth-order valence-electron chi connectivity index (χ4n) is 2.01. The van der Waals surface area contributed by atoms with E-state index in [1.807, 2.05) is 41.5 Å². The fraction of sp³-hybridized carbons (Fsp3) is 0.895. The third-order valence-corrected chi connectivity index (χ3v) is 4.38. The van der Waals surface area contributed by atoms with E-state index in [0.717, 1.165) is 25.8 Å². The zero-order valence-electron chi connectivity index (χ0n) is 16.7. The summed E-state index contributed by atoms with van der Waals surface area (Å²) in [6.07, 6.45) is 3.04. The standard InChI is InChI=1S/C19H38N2O2/c1-14(19(8,9)21-16(23)18(5,6)7)12-10-11-13-20-15(22)17(2,3)4/h14H,10-13H2,1-9H3,(H,20,22)(H,21,23). The van der Waals surface area contributed by atoms with Crippen molar-refractivity contribution in [3.05, 3.63) is 0 Å². The summed E-state index contributed by atoms with van der Waals surface area (Å²) in [5.41, 5.74) is -0.917. The van der Waals surface area contributed by atoms with Gasteiger partial charge >= 0.3 is 0 Å². The van der Waals surface area contributed by atoms with Crippen LogP contribution in [0, 0.1) is 16.7 Å². The number of nitrogens with one attached hydrogen (secondary N) is 2. The van der Waals surface area contributed by atoms with Gasteiger partial charge in [-0.05, 0) is 32.6 Å². The zero-order valence-corrected chi connectivity index (χ0v) is 16.7. The van der Waals surface area contributed by atoms with Crippen molar-refractivity contribution in [3.63, 3.8) is 0 Å². The van der Waals surface area contributed by atoms with Crippen LogP contribution < -0.4 is 10.6 Å². The molecule has 1 atom stereocenters. The van der Waals surface area contributed by atoms with Gasteiger partial charge in [0.25, 0.3) is 0 Å². The van der Waals surface area contributed by atoms with Crippen LogP contribution in [0.3, 0.4) is 0 Å². The van der Waals surface area contributed by atoms with Crippen LogP contribution in [0.15, 0.2) is 0 Å². The first-order valence-corrected chi connectivity index (χ1v) is 8.79. The average Bonchev–Trinajstić information content (AvgIpc) is 2.34. The highest BCUT2D eigenvalue weighted by molar-refractivity contribution is 5.82. The molecule has 0 aliphatic rings. The van der Waals surface area contributed by atoms with E-state index >= 15 is 0 Å². The smallest absolute Gasteiger partial charge is 0.225 e. The maximum atomic E-state index is 12.2. The van der Waals surface area contributed by atoms with Crippen LogP contribution in [0.4, 0.5) is 0 Å². The summed E-state index contributed by atoms with van der Waals surface area (Å²) in [5.74, 6) is 0.572. The zero-order chi connectivity index (χ0) is 18.5. The summed E-state index contributed by atoms with van der Waals surface area (Å²) in [6, 6.07) is 0. The van der Waals surface area contributed by atoms with Crippen molar-refractivity contribution < 1.29 is 9.59 Å². The minimum atomic E-state index is -0.367. The van der Waals surface area contributed by atoms with Gasteiger partial charge in [-0.3, -0.25) is 9.59 Å². The predicted octanol–water partition coefficient (Wildman–Crippen LogP) is 3.90. The summed E-state index contributed by atoms with van der Waals surface area (Å²) < 4.78 is 0. The molecule has 0 aromatic rings. The largest absolute Gasteiger partial charge is 0.356 e. The summed E-state index contributed by atoms with van der Waals surface area (Å²) in [6.45, 7) is 18.6. The van der Waals surface area contributed by atoms with Crippen LogP contribution in [0.25, 0.3) is 0 Å². The van der Waals surface area contributed by atoms with Gasteiger partial charge in [-0.25, -0.2) is 0 Å². The third kappa shape index (κ3) is 8.38. The number of hydrogen-bond donors (Lipinski definition) is 2. The second kappa shape index (κ2) is 8.16. The summed E-state index contributed by atoms with van der Waals surface area (Å²) in [4.78, 5) is 23.9. The summed E-state index contributed by atoms with van der Waals surface area (Å²) >= 11 is 0. The van der Waals surface area contributed by atoms with E-state index in [1.54, 1.807) is 0 Å². The van der Waals surface area contributed by atoms with Gasteiger partial charge in [0.05, 0.1) is 0 Å². The molecule has 2 amide bonds. The van der Waals surface area contributed by atoms with Crippen molar-refractivity contribution in [1.29, 1.82) is 0 Å². The molecule has 136 valence electrons. The van der Waals surface area contributed by atoms with Crippen molar-refractivity contribution >= 4 is 11.8 Å². The quantitative estimate of drug-likeness (QED) is 0.697. The Bertz CT molecular complexity index is 401. The molecule has 0 spiro atoms. The number of amides is 2.